The van der Waals surface area contributed by atoms with E-state index in [-0.39, 0.29) is 5.76 Å². The number of hydrogen-bond donors (Lipinski definition) is 0. The maximum Gasteiger partial charge on any atom is 0.422 e. The fourth-order valence-corrected chi connectivity index (χ4v) is 1.03. The Morgan fingerprint density at radius 1 is 1.20 bits per heavy atom. The lowest BCUT2D eigenvalue weighted by atomic mass is 10.1. The molecule has 0 atom stereocenters. The normalized spacial score (nSPS) is 12.5. The maximum absolute atomic E-state index is 11.9. The lowest BCUT2D eigenvalue weighted by molar-refractivity contribution is -0.163. The fraction of sp³-hybridized carbons (Fsp3) is 0.636. The zero-order valence-corrected chi connectivity index (χ0v) is 9.32. The van der Waals surface area contributed by atoms with Crippen LogP contribution in [0, 0.1) is 0 Å². The van der Waals surface area contributed by atoms with Gasteiger partial charge in [0.1, 0.15) is 5.76 Å². The molecule has 0 spiro atoms. The van der Waals surface area contributed by atoms with Gasteiger partial charge in [0.25, 0.3) is 0 Å². The lowest BCUT2D eigenvalue weighted by Crippen LogP contribution is -2.16. The Hall–Kier alpha value is -0.930. The molecule has 1 nitrogen and oxygen atoms in total. The summed E-state index contributed by atoms with van der Waals surface area (Å²) in [4.78, 5) is 0. The summed E-state index contributed by atoms with van der Waals surface area (Å²) in [6.07, 6.45) is 0.579. The molecular weight excluding hydrogens is 205 g/mol. The number of allylic oxidation sites excluding steroid dienone is 3. The summed E-state index contributed by atoms with van der Waals surface area (Å²) in [5.41, 5.74) is 1.07. The van der Waals surface area contributed by atoms with Crippen molar-refractivity contribution in [3.05, 3.63) is 23.5 Å². The van der Waals surface area contributed by atoms with Crippen molar-refractivity contribution in [1.82, 2.24) is 0 Å². The van der Waals surface area contributed by atoms with Gasteiger partial charge in [-0.05, 0) is 31.9 Å². The smallest absolute Gasteiger partial charge is 0.422 e. The highest BCUT2D eigenvalue weighted by atomic mass is 19.4. The van der Waals surface area contributed by atoms with Crippen molar-refractivity contribution >= 4 is 0 Å². The van der Waals surface area contributed by atoms with Crippen molar-refractivity contribution < 1.29 is 17.9 Å². The highest BCUT2D eigenvalue weighted by Crippen LogP contribution is 2.18. The second-order valence-corrected chi connectivity index (χ2v) is 3.10. The molecule has 15 heavy (non-hydrogen) atoms. The van der Waals surface area contributed by atoms with Crippen LogP contribution in [0.2, 0.25) is 0 Å². The minimum atomic E-state index is -4.28. The fourth-order valence-electron chi connectivity index (χ4n) is 1.03. The van der Waals surface area contributed by atoms with E-state index in [9.17, 15) is 13.2 Å². The van der Waals surface area contributed by atoms with E-state index in [1.165, 1.54) is 6.08 Å². The summed E-state index contributed by atoms with van der Waals surface area (Å²) in [5, 5.41) is 0. The first-order valence-electron chi connectivity index (χ1n) is 4.98. The van der Waals surface area contributed by atoms with Crippen molar-refractivity contribution in [3.8, 4) is 0 Å². The van der Waals surface area contributed by atoms with Gasteiger partial charge in [-0.1, -0.05) is 19.4 Å². The van der Waals surface area contributed by atoms with Crippen molar-refractivity contribution in [2.24, 2.45) is 0 Å². The van der Waals surface area contributed by atoms with Gasteiger partial charge in [0.2, 0.25) is 0 Å². The molecule has 0 amide bonds. The number of halogens is 3. The predicted octanol–water partition coefficient (Wildman–Crippen LogP) is 4.22. The summed E-state index contributed by atoms with van der Waals surface area (Å²) in [7, 11) is 0. The van der Waals surface area contributed by atoms with Gasteiger partial charge >= 0.3 is 6.18 Å². The molecule has 0 aromatic carbocycles. The van der Waals surface area contributed by atoms with Crippen LogP contribution in [0.25, 0.3) is 0 Å². The van der Waals surface area contributed by atoms with Gasteiger partial charge in [0.05, 0.1) is 0 Å². The molecule has 0 aliphatic rings. The molecule has 4 heteroatoms. The zero-order valence-electron chi connectivity index (χ0n) is 9.32. The molecule has 0 bridgehead atoms. The van der Waals surface area contributed by atoms with E-state index >= 15 is 0 Å². The molecule has 0 radical (unpaired) electrons. The largest absolute Gasteiger partial charge is 0.484 e. The monoisotopic (exact) mass is 222 g/mol. The number of rotatable bonds is 5. The van der Waals surface area contributed by atoms with E-state index in [0.29, 0.717) is 0 Å². The average Bonchev–Trinajstić information content (AvgIpc) is 2.17. The van der Waals surface area contributed by atoms with Gasteiger partial charge in [-0.15, -0.1) is 0 Å². The molecule has 0 saturated carbocycles. The van der Waals surface area contributed by atoms with Gasteiger partial charge in [-0.3, -0.25) is 0 Å². The van der Waals surface area contributed by atoms with Crippen LogP contribution in [0.5, 0.6) is 0 Å². The average molecular weight is 222 g/mol. The number of alkyl halides is 3. The van der Waals surface area contributed by atoms with E-state index in [1.807, 2.05) is 13.8 Å². The summed E-state index contributed by atoms with van der Waals surface area (Å²) in [6.45, 7) is 4.35. The molecule has 0 aliphatic carbocycles. The minimum absolute atomic E-state index is 0.283. The molecule has 0 saturated heterocycles. The number of ether oxygens (including phenoxy) is 1. The third-order valence-electron chi connectivity index (χ3n) is 1.94. The second kappa shape index (κ2) is 6.53. The summed E-state index contributed by atoms with van der Waals surface area (Å²) in [6, 6.07) is 0. The van der Waals surface area contributed by atoms with Gasteiger partial charge in [0.15, 0.2) is 6.61 Å². The molecule has 0 aromatic heterocycles. The molecule has 0 aromatic rings. The van der Waals surface area contributed by atoms with Crippen molar-refractivity contribution in [2.75, 3.05) is 6.61 Å². The highest BCUT2D eigenvalue weighted by molar-refractivity contribution is 5.17. The van der Waals surface area contributed by atoms with Crippen LogP contribution in [-0.4, -0.2) is 12.8 Å². The van der Waals surface area contributed by atoms with Crippen LogP contribution in [0.4, 0.5) is 13.2 Å². The quantitative estimate of drug-likeness (QED) is 0.500. The molecular formula is C11H17F3O. The maximum atomic E-state index is 11.9. The van der Waals surface area contributed by atoms with E-state index in [0.717, 1.165) is 18.4 Å². The summed E-state index contributed by atoms with van der Waals surface area (Å²) in [5.74, 6) is 0.283. The van der Waals surface area contributed by atoms with Crippen LogP contribution in [-0.2, 0) is 4.74 Å². The Morgan fingerprint density at radius 2 is 1.73 bits per heavy atom. The third kappa shape index (κ3) is 7.05. The second-order valence-electron chi connectivity index (χ2n) is 3.10. The molecule has 0 fully saturated rings. The standard InChI is InChI=1S/C11H17F3O/c1-4-9(5-2)7-10(6-3)15-8-11(12,13)14/h6-7H,4-5,8H2,1-3H3/b10-6+. The van der Waals surface area contributed by atoms with Crippen LogP contribution in [0.3, 0.4) is 0 Å². The first kappa shape index (κ1) is 14.1. The summed E-state index contributed by atoms with van der Waals surface area (Å²) < 4.78 is 40.3. The van der Waals surface area contributed by atoms with Crippen LogP contribution in [0.15, 0.2) is 23.5 Å². The van der Waals surface area contributed by atoms with Gasteiger partial charge in [0, 0.05) is 0 Å². The van der Waals surface area contributed by atoms with E-state index in [4.69, 9.17) is 0 Å². The van der Waals surface area contributed by atoms with Crippen molar-refractivity contribution in [1.29, 1.82) is 0 Å². The first-order chi connectivity index (χ1) is 6.92. The Bertz CT molecular complexity index is 233. The number of hydrogen-bond acceptors (Lipinski definition) is 1. The molecule has 0 unspecified atom stereocenters. The zero-order chi connectivity index (χ0) is 11.9. The highest BCUT2D eigenvalue weighted by Gasteiger charge is 2.28. The third-order valence-corrected chi connectivity index (χ3v) is 1.94. The van der Waals surface area contributed by atoms with Crippen LogP contribution in [0.1, 0.15) is 33.6 Å². The Labute approximate surface area is 88.6 Å². The Balaban J connectivity index is 4.34. The van der Waals surface area contributed by atoms with Gasteiger partial charge in [-0.25, -0.2) is 0 Å². The van der Waals surface area contributed by atoms with Crippen molar-refractivity contribution in [2.45, 2.75) is 39.8 Å². The molecule has 88 valence electrons. The minimum Gasteiger partial charge on any atom is -0.484 e. The van der Waals surface area contributed by atoms with E-state index in [1.54, 1.807) is 13.0 Å². The molecule has 0 rings (SSSR count). The van der Waals surface area contributed by atoms with Gasteiger partial charge in [-0.2, -0.15) is 13.2 Å². The molecule has 0 heterocycles. The van der Waals surface area contributed by atoms with E-state index in [2.05, 4.69) is 4.74 Å². The summed E-state index contributed by atoms with van der Waals surface area (Å²) >= 11 is 0. The first-order valence-corrected chi connectivity index (χ1v) is 4.98. The molecule has 0 N–H and O–H groups in total. The van der Waals surface area contributed by atoms with Crippen LogP contribution < -0.4 is 0 Å². The molecule has 0 aliphatic heterocycles. The van der Waals surface area contributed by atoms with Crippen molar-refractivity contribution in [3.63, 3.8) is 0 Å². The van der Waals surface area contributed by atoms with Gasteiger partial charge < -0.3 is 4.74 Å². The van der Waals surface area contributed by atoms with Crippen LogP contribution >= 0.6 is 0 Å². The topological polar surface area (TPSA) is 9.23 Å². The lowest BCUT2D eigenvalue weighted by Gasteiger charge is -2.10. The Morgan fingerprint density at radius 3 is 2.07 bits per heavy atom. The van der Waals surface area contributed by atoms with E-state index < -0.39 is 12.8 Å². The SMILES string of the molecule is C/C=C(\C=C(CC)CC)OCC(F)(F)F. The Kier molecular flexibility index (Phi) is 6.13. The predicted molar refractivity (Wildman–Crippen MR) is 54.4 cm³/mol.